The molecular weight excluding hydrogens is 194 g/mol. The molecule has 0 spiro atoms. The van der Waals surface area contributed by atoms with Gasteiger partial charge in [0, 0.05) is 12.0 Å². The fourth-order valence-corrected chi connectivity index (χ4v) is 1.76. The molecule has 1 saturated carbocycles. The summed E-state index contributed by atoms with van der Waals surface area (Å²) >= 11 is 0. The molecule has 1 atom stereocenters. The summed E-state index contributed by atoms with van der Waals surface area (Å²) in [5.74, 6) is -0.962. The largest absolute Gasteiger partial charge is 0.480 e. The lowest BCUT2D eigenvalue weighted by molar-refractivity contribution is -0.146. The van der Waals surface area contributed by atoms with Crippen LogP contribution in [0.5, 0.6) is 0 Å². The van der Waals surface area contributed by atoms with Gasteiger partial charge in [-0.25, -0.2) is 0 Å². The number of carboxylic acids is 1. The van der Waals surface area contributed by atoms with E-state index in [1.165, 1.54) is 4.90 Å². The normalized spacial score (nSPS) is 17.2. The minimum Gasteiger partial charge on any atom is -0.480 e. The van der Waals surface area contributed by atoms with Crippen LogP contribution in [0.15, 0.2) is 0 Å². The van der Waals surface area contributed by atoms with E-state index in [9.17, 15) is 9.59 Å². The zero-order valence-electron chi connectivity index (χ0n) is 9.40. The van der Waals surface area contributed by atoms with Crippen LogP contribution in [-0.2, 0) is 9.59 Å². The van der Waals surface area contributed by atoms with Gasteiger partial charge in [-0.3, -0.25) is 9.59 Å². The van der Waals surface area contributed by atoms with Crippen LogP contribution in [0.2, 0.25) is 0 Å². The summed E-state index contributed by atoms with van der Waals surface area (Å²) in [6, 6.07) is 0.188. The van der Waals surface area contributed by atoms with Crippen LogP contribution in [0.25, 0.3) is 0 Å². The van der Waals surface area contributed by atoms with Crippen molar-refractivity contribution in [3.8, 4) is 0 Å². The van der Waals surface area contributed by atoms with Crippen molar-refractivity contribution < 1.29 is 14.7 Å². The molecule has 1 rings (SSSR count). The fourth-order valence-electron chi connectivity index (χ4n) is 1.76. The first-order valence-electron chi connectivity index (χ1n) is 5.58. The number of hydrogen-bond acceptors (Lipinski definition) is 2. The number of carboxylic acid groups (broad SMARTS) is 1. The van der Waals surface area contributed by atoms with Gasteiger partial charge < -0.3 is 10.0 Å². The minimum absolute atomic E-state index is 0.00162. The summed E-state index contributed by atoms with van der Waals surface area (Å²) in [6.45, 7) is 3.77. The van der Waals surface area contributed by atoms with E-state index in [-0.39, 0.29) is 24.4 Å². The maximum Gasteiger partial charge on any atom is 0.323 e. The molecule has 0 aliphatic heterocycles. The van der Waals surface area contributed by atoms with Gasteiger partial charge in [-0.2, -0.15) is 0 Å². The second kappa shape index (κ2) is 5.14. The van der Waals surface area contributed by atoms with Crippen molar-refractivity contribution in [2.45, 2.75) is 45.6 Å². The van der Waals surface area contributed by atoms with Crippen molar-refractivity contribution in [1.82, 2.24) is 4.90 Å². The van der Waals surface area contributed by atoms with E-state index in [4.69, 9.17) is 5.11 Å². The van der Waals surface area contributed by atoms with Crippen molar-refractivity contribution in [2.24, 2.45) is 5.92 Å². The first-order valence-corrected chi connectivity index (χ1v) is 5.58. The topological polar surface area (TPSA) is 57.6 Å². The van der Waals surface area contributed by atoms with Crippen LogP contribution in [0, 0.1) is 5.92 Å². The zero-order chi connectivity index (χ0) is 11.4. The Hall–Kier alpha value is -1.06. The molecule has 86 valence electrons. The maximum atomic E-state index is 11.9. The van der Waals surface area contributed by atoms with Gasteiger partial charge in [-0.05, 0) is 19.3 Å². The Balaban J connectivity index is 2.54. The molecule has 1 aliphatic rings. The van der Waals surface area contributed by atoms with Crippen LogP contribution in [0.4, 0.5) is 0 Å². The van der Waals surface area contributed by atoms with E-state index in [2.05, 4.69) is 0 Å². The zero-order valence-corrected chi connectivity index (χ0v) is 9.40. The molecule has 1 fully saturated rings. The smallest absolute Gasteiger partial charge is 0.323 e. The number of rotatable bonds is 6. The number of carbonyl (C=O) groups is 2. The lowest BCUT2D eigenvalue weighted by atomic mass is 10.0. The summed E-state index contributed by atoms with van der Waals surface area (Å²) in [5.41, 5.74) is 0. The lowest BCUT2D eigenvalue weighted by Gasteiger charge is -2.23. The summed E-state index contributed by atoms with van der Waals surface area (Å²) in [6.07, 6.45) is 3.70. The van der Waals surface area contributed by atoms with Crippen molar-refractivity contribution in [2.75, 3.05) is 6.54 Å². The van der Waals surface area contributed by atoms with Gasteiger partial charge in [0.15, 0.2) is 0 Å². The van der Waals surface area contributed by atoms with Gasteiger partial charge in [-0.1, -0.05) is 20.3 Å². The van der Waals surface area contributed by atoms with Crippen LogP contribution < -0.4 is 0 Å². The molecule has 0 aromatic heterocycles. The monoisotopic (exact) mass is 213 g/mol. The predicted molar refractivity (Wildman–Crippen MR) is 56.4 cm³/mol. The van der Waals surface area contributed by atoms with Crippen LogP contribution in [0.1, 0.15) is 39.5 Å². The molecule has 15 heavy (non-hydrogen) atoms. The summed E-state index contributed by atoms with van der Waals surface area (Å²) in [5, 5.41) is 8.73. The molecule has 4 heteroatoms. The molecule has 0 saturated heterocycles. The van der Waals surface area contributed by atoms with Crippen LogP contribution in [0.3, 0.4) is 0 Å². The van der Waals surface area contributed by atoms with Gasteiger partial charge in [0.05, 0.1) is 0 Å². The van der Waals surface area contributed by atoms with Gasteiger partial charge >= 0.3 is 5.97 Å². The lowest BCUT2D eigenvalue weighted by Crippen LogP contribution is -2.40. The molecule has 0 aromatic carbocycles. The molecular formula is C11H19NO3. The minimum atomic E-state index is -0.918. The van der Waals surface area contributed by atoms with Crippen molar-refractivity contribution >= 4 is 11.9 Å². The number of carbonyl (C=O) groups excluding carboxylic acids is 1. The standard InChI is InChI=1S/C11H19NO3/c1-3-4-8(2)11(15)12(7-10(13)14)9-5-6-9/h8-9H,3-7H2,1-2H3,(H,13,14). The van der Waals surface area contributed by atoms with Crippen LogP contribution >= 0.6 is 0 Å². The molecule has 0 bridgehead atoms. The Kier molecular flexibility index (Phi) is 4.12. The predicted octanol–water partition coefficient (Wildman–Crippen LogP) is 1.50. The molecule has 0 radical (unpaired) electrons. The second-order valence-electron chi connectivity index (χ2n) is 4.28. The number of nitrogens with zero attached hydrogens (tertiary/aromatic N) is 1. The Bertz CT molecular complexity index is 248. The molecule has 1 aliphatic carbocycles. The SMILES string of the molecule is CCCC(C)C(=O)N(CC(=O)O)C1CC1. The molecule has 0 heterocycles. The van der Waals surface area contributed by atoms with Gasteiger partial charge in [0.25, 0.3) is 0 Å². The molecule has 4 nitrogen and oxygen atoms in total. The quantitative estimate of drug-likeness (QED) is 0.727. The van der Waals surface area contributed by atoms with Gasteiger partial charge in [0.1, 0.15) is 6.54 Å². The van der Waals surface area contributed by atoms with Gasteiger partial charge in [0.2, 0.25) is 5.91 Å². The number of aliphatic carboxylic acids is 1. The summed E-state index contributed by atoms with van der Waals surface area (Å²) in [7, 11) is 0. The Labute approximate surface area is 90.3 Å². The van der Waals surface area contributed by atoms with Crippen molar-refractivity contribution in [3.05, 3.63) is 0 Å². The first kappa shape index (κ1) is 12.0. The highest BCUT2D eigenvalue weighted by molar-refractivity contribution is 5.83. The van der Waals surface area contributed by atoms with E-state index in [0.717, 1.165) is 25.7 Å². The Morgan fingerprint density at radius 3 is 2.47 bits per heavy atom. The number of amides is 1. The van der Waals surface area contributed by atoms with E-state index in [0.29, 0.717) is 0 Å². The van der Waals surface area contributed by atoms with Crippen molar-refractivity contribution in [1.29, 1.82) is 0 Å². The Morgan fingerprint density at radius 1 is 1.47 bits per heavy atom. The second-order valence-corrected chi connectivity index (χ2v) is 4.28. The van der Waals surface area contributed by atoms with E-state index in [1.807, 2.05) is 13.8 Å². The number of hydrogen-bond donors (Lipinski definition) is 1. The third-order valence-electron chi connectivity index (χ3n) is 2.72. The molecule has 1 amide bonds. The van der Waals surface area contributed by atoms with Crippen molar-refractivity contribution in [3.63, 3.8) is 0 Å². The van der Waals surface area contributed by atoms with E-state index < -0.39 is 5.97 Å². The summed E-state index contributed by atoms with van der Waals surface area (Å²) < 4.78 is 0. The first-order chi connectivity index (χ1) is 7.06. The summed E-state index contributed by atoms with van der Waals surface area (Å²) in [4.78, 5) is 24.1. The van der Waals surface area contributed by atoms with Gasteiger partial charge in [-0.15, -0.1) is 0 Å². The highest BCUT2D eigenvalue weighted by atomic mass is 16.4. The maximum absolute atomic E-state index is 11.9. The molecule has 1 unspecified atom stereocenters. The molecule has 0 aromatic rings. The van der Waals surface area contributed by atoms with E-state index >= 15 is 0 Å². The highest BCUT2D eigenvalue weighted by Crippen LogP contribution is 2.28. The Morgan fingerprint density at radius 2 is 2.07 bits per heavy atom. The average Bonchev–Trinajstić information content (AvgIpc) is 2.96. The molecule has 1 N–H and O–H groups in total. The highest BCUT2D eigenvalue weighted by Gasteiger charge is 2.35. The van der Waals surface area contributed by atoms with Crippen LogP contribution in [-0.4, -0.2) is 34.5 Å². The van der Waals surface area contributed by atoms with E-state index in [1.54, 1.807) is 0 Å². The third kappa shape index (κ3) is 3.53. The average molecular weight is 213 g/mol. The fraction of sp³-hybridized carbons (Fsp3) is 0.818. The third-order valence-corrected chi connectivity index (χ3v) is 2.72.